The number of carbonyl (C=O) groups excluding carboxylic acids is 2. The van der Waals surface area contributed by atoms with Gasteiger partial charge in [-0.25, -0.2) is 9.18 Å². The van der Waals surface area contributed by atoms with Crippen molar-refractivity contribution in [3.63, 3.8) is 0 Å². The summed E-state index contributed by atoms with van der Waals surface area (Å²) < 4.78 is 27.4. The van der Waals surface area contributed by atoms with Gasteiger partial charge in [0.1, 0.15) is 5.60 Å². The second-order valence-electron chi connectivity index (χ2n) is 11.1. The summed E-state index contributed by atoms with van der Waals surface area (Å²) >= 11 is 0. The van der Waals surface area contributed by atoms with Gasteiger partial charge in [0.25, 0.3) is 0 Å². The van der Waals surface area contributed by atoms with Crippen LogP contribution in [0.15, 0.2) is 54.6 Å². The highest BCUT2D eigenvalue weighted by Gasteiger charge is 2.29. The van der Waals surface area contributed by atoms with Crippen molar-refractivity contribution in [1.82, 2.24) is 0 Å². The van der Waals surface area contributed by atoms with Crippen molar-refractivity contribution < 1.29 is 23.5 Å². The Bertz CT molecular complexity index is 1380. The number of benzene rings is 3. The summed E-state index contributed by atoms with van der Waals surface area (Å²) in [5.74, 6) is -1.55. The molecule has 0 fully saturated rings. The van der Waals surface area contributed by atoms with Crippen molar-refractivity contribution in [2.24, 2.45) is 0 Å². The van der Waals surface area contributed by atoms with E-state index in [1.165, 1.54) is 5.56 Å². The Morgan fingerprint density at radius 1 is 1.07 bits per heavy atom. The van der Waals surface area contributed by atoms with E-state index in [1.54, 1.807) is 39.8 Å². The Kier molecular flexibility index (Phi) is 9.13. The summed E-state index contributed by atoms with van der Waals surface area (Å²) in [4.78, 5) is 27.4. The van der Waals surface area contributed by atoms with Gasteiger partial charge in [-0.2, -0.15) is 0 Å². The average Bonchev–Trinajstić information content (AvgIpc) is 2.90. The molecule has 212 valence electrons. The normalized spacial score (nSPS) is 12.8. The zero-order chi connectivity index (χ0) is 28.9. The maximum atomic E-state index is 16.6. The summed E-state index contributed by atoms with van der Waals surface area (Å²) in [5.41, 5.74) is 4.88. The first kappa shape index (κ1) is 29.1. The minimum Gasteiger partial charge on any atom is -0.466 e. The third-order valence-corrected chi connectivity index (χ3v) is 6.85. The number of hydrogen-bond donors (Lipinski definition) is 1. The number of nitrogens with zero attached hydrogens (tertiary/aromatic N) is 1. The molecule has 1 N–H and O–H groups in total. The minimum absolute atomic E-state index is 0.0385. The molecule has 1 heterocycles. The summed E-state index contributed by atoms with van der Waals surface area (Å²) in [7, 11) is 0. The lowest BCUT2D eigenvalue weighted by Crippen LogP contribution is -2.27. The lowest BCUT2D eigenvalue weighted by Gasteiger charge is -2.31. The standard InChI is InChI=1S/C33H39FN2O4/c1-6-39-29(37)18-16-25-15-17-26(32(38)40-33(3,4)5)31(30(25)34)36(28-12-8-7-10-22(28)2)21-23-13-14-24-11-9-19-35-27(24)20-23/h7-8,10,12-15,17,20,35H,6,9,11,16,18-19,21H2,1-5H3. The minimum atomic E-state index is -0.759. The van der Waals surface area contributed by atoms with Crippen LogP contribution in [-0.4, -0.2) is 30.7 Å². The predicted octanol–water partition coefficient (Wildman–Crippen LogP) is 7.28. The predicted molar refractivity (Wildman–Crippen MR) is 157 cm³/mol. The van der Waals surface area contributed by atoms with Crippen molar-refractivity contribution in [1.29, 1.82) is 0 Å². The third kappa shape index (κ3) is 7.00. The molecule has 0 radical (unpaired) electrons. The highest BCUT2D eigenvalue weighted by Crippen LogP contribution is 2.38. The Morgan fingerprint density at radius 3 is 2.58 bits per heavy atom. The summed E-state index contributed by atoms with van der Waals surface area (Å²) in [5, 5.41) is 3.47. The van der Waals surface area contributed by atoms with Crippen LogP contribution < -0.4 is 10.2 Å². The number of rotatable bonds is 9. The molecule has 0 saturated carbocycles. The smallest absolute Gasteiger partial charge is 0.340 e. The van der Waals surface area contributed by atoms with Crippen molar-refractivity contribution in [2.75, 3.05) is 23.4 Å². The molecule has 6 nitrogen and oxygen atoms in total. The van der Waals surface area contributed by atoms with Crippen LogP contribution in [0.1, 0.15) is 73.1 Å². The van der Waals surface area contributed by atoms with Crippen LogP contribution >= 0.6 is 0 Å². The summed E-state index contributed by atoms with van der Waals surface area (Å²) in [6.07, 6.45) is 2.29. The van der Waals surface area contributed by atoms with E-state index < -0.39 is 23.4 Å². The molecule has 0 amide bonds. The van der Waals surface area contributed by atoms with Gasteiger partial charge in [0.2, 0.25) is 0 Å². The molecule has 4 rings (SSSR count). The monoisotopic (exact) mass is 546 g/mol. The largest absolute Gasteiger partial charge is 0.466 e. The van der Waals surface area contributed by atoms with E-state index in [9.17, 15) is 9.59 Å². The maximum Gasteiger partial charge on any atom is 0.340 e. The molecule has 0 bridgehead atoms. The highest BCUT2D eigenvalue weighted by molar-refractivity contribution is 5.98. The van der Waals surface area contributed by atoms with E-state index in [4.69, 9.17) is 9.47 Å². The third-order valence-electron chi connectivity index (χ3n) is 6.85. The molecule has 0 spiro atoms. The number of hydrogen-bond acceptors (Lipinski definition) is 6. The molecule has 0 aromatic heterocycles. The van der Waals surface area contributed by atoms with Crippen molar-refractivity contribution in [2.45, 2.75) is 72.4 Å². The van der Waals surface area contributed by atoms with Gasteiger partial charge in [0, 0.05) is 30.9 Å². The molecule has 3 aromatic carbocycles. The van der Waals surface area contributed by atoms with Gasteiger partial charge < -0.3 is 19.7 Å². The first-order valence-corrected chi connectivity index (χ1v) is 14.0. The van der Waals surface area contributed by atoms with E-state index in [2.05, 4.69) is 23.5 Å². The van der Waals surface area contributed by atoms with Gasteiger partial charge in [-0.05, 0) is 94.3 Å². The first-order valence-electron chi connectivity index (χ1n) is 14.0. The van der Waals surface area contributed by atoms with Crippen LogP contribution in [-0.2, 0) is 33.7 Å². The molecule has 7 heteroatoms. The Morgan fingerprint density at radius 2 is 1.85 bits per heavy atom. The van der Waals surface area contributed by atoms with Gasteiger partial charge in [-0.15, -0.1) is 0 Å². The van der Waals surface area contributed by atoms with Crippen LogP contribution in [0, 0.1) is 12.7 Å². The molecule has 1 aliphatic heterocycles. The van der Waals surface area contributed by atoms with Crippen molar-refractivity contribution >= 4 is 29.0 Å². The second-order valence-corrected chi connectivity index (χ2v) is 11.1. The number of ether oxygens (including phenoxy) is 2. The molecule has 40 heavy (non-hydrogen) atoms. The van der Waals surface area contributed by atoms with Crippen molar-refractivity contribution in [3.8, 4) is 0 Å². The number of halogens is 1. The zero-order valence-electron chi connectivity index (χ0n) is 24.1. The summed E-state index contributed by atoms with van der Waals surface area (Å²) in [6.45, 7) is 10.6. The Labute approximate surface area is 236 Å². The van der Waals surface area contributed by atoms with E-state index >= 15 is 4.39 Å². The highest BCUT2D eigenvalue weighted by atomic mass is 19.1. The number of esters is 2. The molecule has 0 atom stereocenters. The molecule has 1 aliphatic rings. The van der Waals surface area contributed by atoms with Crippen LogP contribution in [0.4, 0.5) is 21.5 Å². The topological polar surface area (TPSA) is 67.9 Å². The van der Waals surface area contributed by atoms with Gasteiger partial charge >= 0.3 is 11.9 Å². The number of carbonyl (C=O) groups is 2. The van der Waals surface area contributed by atoms with E-state index in [-0.39, 0.29) is 30.7 Å². The number of fused-ring (bicyclic) bond motifs is 1. The summed E-state index contributed by atoms with van der Waals surface area (Å²) in [6, 6.07) is 17.2. The Hall–Kier alpha value is -3.87. The van der Waals surface area contributed by atoms with E-state index in [0.29, 0.717) is 12.1 Å². The molecular formula is C33H39FN2O4. The number of nitrogens with one attached hydrogen (secondary N) is 1. The fraction of sp³-hybridized carbons (Fsp3) is 0.394. The van der Waals surface area contributed by atoms with Crippen LogP contribution in [0.25, 0.3) is 0 Å². The number of aryl methyl sites for hydroxylation is 3. The Balaban J connectivity index is 1.85. The van der Waals surface area contributed by atoms with Crippen LogP contribution in [0.3, 0.4) is 0 Å². The van der Waals surface area contributed by atoms with Gasteiger partial charge in [0.15, 0.2) is 5.82 Å². The SMILES string of the molecule is CCOC(=O)CCc1ccc(C(=O)OC(C)(C)C)c(N(Cc2ccc3c(c2)NCCC3)c2ccccc2C)c1F. The van der Waals surface area contributed by atoms with Crippen LogP contribution in [0.5, 0.6) is 0 Å². The molecule has 0 aliphatic carbocycles. The van der Waals surface area contributed by atoms with Gasteiger partial charge in [-0.1, -0.05) is 36.4 Å². The van der Waals surface area contributed by atoms with E-state index in [0.717, 1.165) is 41.9 Å². The maximum absolute atomic E-state index is 16.6. The molecule has 0 unspecified atom stereocenters. The lowest BCUT2D eigenvalue weighted by molar-refractivity contribution is -0.143. The quantitative estimate of drug-likeness (QED) is 0.285. The lowest BCUT2D eigenvalue weighted by atomic mass is 9.99. The van der Waals surface area contributed by atoms with Crippen LogP contribution in [0.2, 0.25) is 0 Å². The molecule has 3 aromatic rings. The molecular weight excluding hydrogens is 507 g/mol. The second kappa shape index (κ2) is 12.5. The average molecular weight is 547 g/mol. The number of para-hydroxylation sites is 1. The van der Waals surface area contributed by atoms with Crippen molar-refractivity contribution in [3.05, 3.63) is 88.2 Å². The number of anilines is 3. The van der Waals surface area contributed by atoms with E-state index in [1.807, 2.05) is 36.1 Å². The van der Waals surface area contributed by atoms with Gasteiger partial charge in [0.05, 0.1) is 17.9 Å². The fourth-order valence-electron chi connectivity index (χ4n) is 4.97. The fourth-order valence-corrected chi connectivity index (χ4v) is 4.97. The molecule has 0 saturated heterocycles. The first-order chi connectivity index (χ1) is 19.1. The van der Waals surface area contributed by atoms with Gasteiger partial charge in [-0.3, -0.25) is 4.79 Å². The zero-order valence-corrected chi connectivity index (χ0v) is 24.1.